The summed E-state index contributed by atoms with van der Waals surface area (Å²) in [4.78, 5) is 11.9. The van der Waals surface area contributed by atoms with Crippen LogP contribution in [0.15, 0.2) is 24.5 Å². The quantitative estimate of drug-likeness (QED) is 0.662. The highest BCUT2D eigenvalue weighted by Crippen LogP contribution is 2.09. The largest absolute Gasteiger partial charge is 0.330 e. The van der Waals surface area contributed by atoms with Crippen molar-refractivity contribution in [3.05, 3.63) is 30.1 Å². The molecule has 5 nitrogen and oxygen atoms in total. The first-order valence-electron chi connectivity index (χ1n) is 9.93. The van der Waals surface area contributed by atoms with E-state index < -0.39 is 0 Å². The van der Waals surface area contributed by atoms with Gasteiger partial charge < -0.3 is 15.5 Å². The van der Waals surface area contributed by atoms with Crippen LogP contribution in [0.2, 0.25) is 0 Å². The average Bonchev–Trinajstić information content (AvgIpc) is 2.61. The molecule has 0 bridgehead atoms. The van der Waals surface area contributed by atoms with Gasteiger partial charge in [-0.25, -0.2) is 0 Å². The minimum atomic E-state index is 0.702. The summed E-state index contributed by atoms with van der Waals surface area (Å²) in [7, 11) is 0. The van der Waals surface area contributed by atoms with Crippen LogP contribution >= 0.6 is 0 Å². The van der Waals surface area contributed by atoms with Crippen molar-refractivity contribution in [1.82, 2.24) is 19.7 Å². The van der Waals surface area contributed by atoms with Crippen LogP contribution in [0, 0.1) is 5.92 Å². The lowest BCUT2D eigenvalue weighted by Gasteiger charge is -2.35. The summed E-state index contributed by atoms with van der Waals surface area (Å²) in [5, 5.41) is 0. The number of hydrogen-bond donors (Lipinski definition) is 1. The van der Waals surface area contributed by atoms with Crippen LogP contribution in [0.5, 0.6) is 0 Å². The zero-order chi connectivity index (χ0) is 17.9. The number of pyridine rings is 1. The van der Waals surface area contributed by atoms with Crippen LogP contribution in [-0.4, -0.2) is 78.6 Å². The van der Waals surface area contributed by atoms with Gasteiger partial charge in [-0.05, 0) is 62.6 Å². The van der Waals surface area contributed by atoms with E-state index in [0.29, 0.717) is 5.92 Å². The second kappa shape index (κ2) is 11.6. The summed E-state index contributed by atoms with van der Waals surface area (Å²) < 4.78 is 0. The molecule has 2 heterocycles. The van der Waals surface area contributed by atoms with Crippen LogP contribution < -0.4 is 5.73 Å². The van der Waals surface area contributed by atoms with Gasteiger partial charge in [0.05, 0.1) is 0 Å². The van der Waals surface area contributed by atoms with Gasteiger partial charge in [0.15, 0.2) is 0 Å². The number of hydrogen-bond acceptors (Lipinski definition) is 5. The number of piperazine rings is 1. The molecule has 1 saturated heterocycles. The van der Waals surface area contributed by atoms with E-state index in [0.717, 1.165) is 26.1 Å². The third kappa shape index (κ3) is 8.27. The van der Waals surface area contributed by atoms with Crippen molar-refractivity contribution >= 4 is 0 Å². The molecule has 1 aliphatic rings. The molecule has 0 amide bonds. The van der Waals surface area contributed by atoms with Crippen LogP contribution in [0.4, 0.5) is 0 Å². The second-order valence-corrected chi connectivity index (χ2v) is 7.66. The van der Waals surface area contributed by atoms with Gasteiger partial charge in [-0.2, -0.15) is 0 Å². The minimum Gasteiger partial charge on any atom is -0.330 e. The SMILES string of the molecule is CC(C)CN(CCCN1CCN(CCCN)CC1)Cc1ccncc1. The number of nitrogens with zero attached hydrogens (tertiary/aromatic N) is 4. The Hall–Kier alpha value is -1.01. The van der Waals surface area contributed by atoms with Crippen LogP contribution in [0.25, 0.3) is 0 Å². The van der Waals surface area contributed by atoms with Crippen molar-refractivity contribution in [1.29, 1.82) is 0 Å². The number of rotatable bonds is 11. The molecule has 25 heavy (non-hydrogen) atoms. The normalized spacial score (nSPS) is 16.8. The van der Waals surface area contributed by atoms with Gasteiger partial charge in [0.25, 0.3) is 0 Å². The van der Waals surface area contributed by atoms with Gasteiger partial charge in [0.1, 0.15) is 0 Å². The molecular formula is C20H37N5. The molecule has 2 N–H and O–H groups in total. The zero-order valence-electron chi connectivity index (χ0n) is 16.2. The minimum absolute atomic E-state index is 0.702. The predicted octanol–water partition coefficient (Wildman–Crippen LogP) is 1.90. The van der Waals surface area contributed by atoms with Gasteiger partial charge in [-0.1, -0.05) is 13.8 Å². The number of nitrogens with two attached hydrogens (primary N) is 1. The molecule has 142 valence electrons. The highest BCUT2D eigenvalue weighted by Gasteiger charge is 2.16. The Morgan fingerprint density at radius 2 is 1.64 bits per heavy atom. The Kier molecular flexibility index (Phi) is 9.40. The Bertz CT molecular complexity index is 443. The lowest BCUT2D eigenvalue weighted by atomic mass is 10.1. The van der Waals surface area contributed by atoms with Gasteiger partial charge in [-0.15, -0.1) is 0 Å². The predicted molar refractivity (Wildman–Crippen MR) is 106 cm³/mol. The van der Waals surface area contributed by atoms with Gasteiger partial charge in [0.2, 0.25) is 0 Å². The van der Waals surface area contributed by atoms with Crippen molar-refractivity contribution in [2.75, 3.05) is 58.9 Å². The lowest BCUT2D eigenvalue weighted by molar-refractivity contribution is 0.124. The van der Waals surface area contributed by atoms with Crippen molar-refractivity contribution in [2.45, 2.75) is 33.2 Å². The highest BCUT2D eigenvalue weighted by atomic mass is 15.3. The monoisotopic (exact) mass is 347 g/mol. The molecule has 1 fully saturated rings. The molecule has 0 aromatic carbocycles. The van der Waals surface area contributed by atoms with E-state index in [1.807, 2.05) is 12.4 Å². The highest BCUT2D eigenvalue weighted by molar-refractivity contribution is 5.09. The fourth-order valence-electron chi connectivity index (χ4n) is 3.57. The lowest BCUT2D eigenvalue weighted by Crippen LogP contribution is -2.47. The molecule has 0 saturated carbocycles. The molecule has 0 aliphatic carbocycles. The van der Waals surface area contributed by atoms with Crippen LogP contribution in [-0.2, 0) is 6.54 Å². The average molecular weight is 348 g/mol. The molecule has 2 rings (SSSR count). The van der Waals surface area contributed by atoms with E-state index in [-0.39, 0.29) is 0 Å². The van der Waals surface area contributed by atoms with Crippen LogP contribution in [0.3, 0.4) is 0 Å². The standard InChI is InChI=1S/C20H37N5/c1-19(2)17-25(18-20-5-8-22-9-6-20)12-4-11-24-15-13-23(14-16-24)10-3-7-21/h5-6,8-9,19H,3-4,7,10-18,21H2,1-2H3. The van der Waals surface area contributed by atoms with E-state index in [9.17, 15) is 0 Å². The van der Waals surface area contributed by atoms with Gasteiger partial charge in [0, 0.05) is 51.7 Å². The Morgan fingerprint density at radius 1 is 1.04 bits per heavy atom. The molecule has 0 radical (unpaired) electrons. The molecular weight excluding hydrogens is 310 g/mol. The molecule has 5 heteroatoms. The summed E-state index contributed by atoms with van der Waals surface area (Å²) in [6.45, 7) is 16.0. The summed E-state index contributed by atoms with van der Waals surface area (Å²) >= 11 is 0. The molecule has 1 aliphatic heterocycles. The Morgan fingerprint density at radius 3 is 2.20 bits per heavy atom. The third-order valence-electron chi connectivity index (χ3n) is 4.87. The summed E-state index contributed by atoms with van der Waals surface area (Å²) in [6.07, 6.45) is 6.17. The first-order chi connectivity index (χ1) is 12.2. The maximum absolute atomic E-state index is 5.61. The molecule has 0 spiro atoms. The number of aromatic nitrogens is 1. The molecule has 0 atom stereocenters. The maximum atomic E-state index is 5.61. The van der Waals surface area contributed by atoms with E-state index in [2.05, 4.69) is 45.7 Å². The fraction of sp³-hybridized carbons (Fsp3) is 0.750. The first-order valence-corrected chi connectivity index (χ1v) is 9.93. The summed E-state index contributed by atoms with van der Waals surface area (Å²) in [6, 6.07) is 4.27. The first kappa shape index (κ1) is 20.3. The Labute approximate surface area is 154 Å². The van der Waals surface area contributed by atoms with Crippen LogP contribution in [0.1, 0.15) is 32.3 Å². The Balaban J connectivity index is 1.68. The summed E-state index contributed by atoms with van der Waals surface area (Å²) in [5.41, 5.74) is 6.98. The van der Waals surface area contributed by atoms with Crippen molar-refractivity contribution in [3.63, 3.8) is 0 Å². The third-order valence-corrected chi connectivity index (χ3v) is 4.87. The molecule has 0 unspecified atom stereocenters. The van der Waals surface area contributed by atoms with Crippen molar-refractivity contribution in [3.8, 4) is 0 Å². The second-order valence-electron chi connectivity index (χ2n) is 7.66. The summed E-state index contributed by atoms with van der Waals surface area (Å²) in [5.74, 6) is 0.702. The van der Waals surface area contributed by atoms with E-state index >= 15 is 0 Å². The fourth-order valence-corrected chi connectivity index (χ4v) is 3.57. The van der Waals surface area contributed by atoms with Gasteiger partial charge >= 0.3 is 0 Å². The maximum Gasteiger partial charge on any atom is 0.0271 e. The van der Waals surface area contributed by atoms with E-state index in [4.69, 9.17) is 5.73 Å². The van der Waals surface area contributed by atoms with Crippen molar-refractivity contribution < 1.29 is 0 Å². The smallest absolute Gasteiger partial charge is 0.0271 e. The van der Waals surface area contributed by atoms with E-state index in [1.165, 1.54) is 57.8 Å². The topological polar surface area (TPSA) is 48.6 Å². The molecule has 1 aromatic rings. The molecule has 1 aromatic heterocycles. The van der Waals surface area contributed by atoms with E-state index in [1.54, 1.807) is 0 Å². The van der Waals surface area contributed by atoms with Crippen molar-refractivity contribution in [2.24, 2.45) is 11.7 Å². The van der Waals surface area contributed by atoms with Gasteiger partial charge in [-0.3, -0.25) is 9.88 Å². The zero-order valence-corrected chi connectivity index (χ0v) is 16.2.